The maximum atomic E-state index is 13.5. The number of carbonyl (C=O) groups is 4. The molecule has 2 aliphatic rings. The molecule has 232 valence electrons. The van der Waals surface area contributed by atoms with Gasteiger partial charge in [0.25, 0.3) is 5.91 Å². The zero-order valence-corrected chi connectivity index (χ0v) is 27.4. The molecule has 3 atom stereocenters. The first-order valence-corrected chi connectivity index (χ1v) is 17.2. The van der Waals surface area contributed by atoms with Crippen LogP contribution < -0.4 is 10.6 Å². The largest absolute Gasteiger partial charge is 0.477 e. The molecule has 2 unspecified atom stereocenters. The van der Waals surface area contributed by atoms with Crippen molar-refractivity contribution in [1.29, 1.82) is 0 Å². The first-order valence-electron chi connectivity index (χ1n) is 13.6. The molecule has 11 nitrogen and oxygen atoms in total. The third-order valence-corrected chi connectivity index (χ3v) is 10.7. The van der Waals surface area contributed by atoms with Crippen molar-refractivity contribution in [3.8, 4) is 0 Å². The third kappa shape index (κ3) is 7.96. The highest BCUT2D eigenvalue weighted by Gasteiger charge is 2.64. The highest BCUT2D eigenvalue weighted by Crippen LogP contribution is 2.46. The van der Waals surface area contributed by atoms with Gasteiger partial charge in [0.05, 0.1) is 17.3 Å². The SMILES string of the molecule is CCCCOC(=O)C(CCCC(=O)NC1(CSc2nnc(C)s2)C(=O)N2C(C(=O)O)=CCS[C@H]21)Nc1ccc(Cl)cc1Cl. The lowest BCUT2D eigenvalue weighted by atomic mass is 9.88. The quantitative estimate of drug-likeness (QED) is 0.101. The third-order valence-electron chi connectivity index (χ3n) is 6.74. The number of carboxylic acid groups (broad SMARTS) is 1. The Morgan fingerprint density at radius 1 is 1.28 bits per heavy atom. The summed E-state index contributed by atoms with van der Waals surface area (Å²) >= 11 is 16.4. The Kier molecular flexibility index (Phi) is 11.6. The maximum Gasteiger partial charge on any atom is 0.352 e. The van der Waals surface area contributed by atoms with Crippen molar-refractivity contribution in [1.82, 2.24) is 20.4 Å². The first-order chi connectivity index (χ1) is 20.6. The van der Waals surface area contributed by atoms with E-state index in [1.807, 2.05) is 13.8 Å². The van der Waals surface area contributed by atoms with Crippen LogP contribution in [0.15, 0.2) is 34.3 Å². The number of carboxylic acids is 1. The fraction of sp³-hybridized carbons (Fsp3) is 0.481. The molecule has 4 rings (SSSR count). The van der Waals surface area contributed by atoms with Crippen LogP contribution in [0, 0.1) is 6.92 Å². The summed E-state index contributed by atoms with van der Waals surface area (Å²) in [5.74, 6) is -1.99. The first kappa shape index (κ1) is 33.4. The number of carbonyl (C=O) groups excluding carboxylic acids is 3. The number of thioether (sulfide) groups is 2. The number of aromatic nitrogens is 2. The van der Waals surface area contributed by atoms with E-state index in [9.17, 15) is 24.3 Å². The Labute approximate surface area is 271 Å². The van der Waals surface area contributed by atoms with Crippen molar-refractivity contribution in [2.75, 3.05) is 23.4 Å². The van der Waals surface area contributed by atoms with Gasteiger partial charge in [-0.05, 0) is 50.5 Å². The number of hydrogen-bond acceptors (Lipinski definition) is 11. The molecular weight excluding hydrogens is 657 g/mol. The van der Waals surface area contributed by atoms with Crippen LogP contribution in [0.2, 0.25) is 10.0 Å². The molecule has 43 heavy (non-hydrogen) atoms. The van der Waals surface area contributed by atoms with Crippen molar-refractivity contribution in [2.24, 2.45) is 0 Å². The molecule has 2 aromatic rings. The molecule has 3 N–H and O–H groups in total. The number of β-lactam (4-membered cyclic amide) rings is 1. The summed E-state index contributed by atoms with van der Waals surface area (Å²) in [6.07, 6.45) is 3.66. The Bertz CT molecular complexity index is 1410. The number of aryl methyl sites for hydroxylation is 1. The summed E-state index contributed by atoms with van der Waals surface area (Å²) in [6, 6.07) is 4.11. The van der Waals surface area contributed by atoms with Gasteiger partial charge < -0.3 is 20.5 Å². The normalized spacial score (nSPS) is 20.0. The van der Waals surface area contributed by atoms with Crippen LogP contribution >= 0.6 is 58.1 Å². The molecule has 1 fully saturated rings. The number of esters is 1. The fourth-order valence-corrected chi connectivity index (χ4v) is 8.46. The second-order valence-electron chi connectivity index (χ2n) is 9.88. The van der Waals surface area contributed by atoms with Gasteiger partial charge in [0, 0.05) is 22.9 Å². The number of nitrogens with zero attached hydrogens (tertiary/aromatic N) is 3. The molecule has 3 heterocycles. The summed E-state index contributed by atoms with van der Waals surface area (Å²) in [7, 11) is 0. The Morgan fingerprint density at radius 2 is 2.07 bits per heavy atom. The molecule has 0 spiro atoms. The molecule has 0 saturated carbocycles. The van der Waals surface area contributed by atoms with E-state index in [0.29, 0.717) is 32.2 Å². The zero-order chi connectivity index (χ0) is 31.1. The van der Waals surface area contributed by atoms with Gasteiger partial charge in [0.15, 0.2) is 9.88 Å². The molecule has 0 bridgehead atoms. The molecule has 16 heteroatoms. The molecule has 1 saturated heterocycles. The summed E-state index contributed by atoms with van der Waals surface area (Å²) in [5, 5.41) is 24.7. The van der Waals surface area contributed by atoms with Crippen LogP contribution in [0.5, 0.6) is 0 Å². The lowest BCUT2D eigenvalue weighted by Gasteiger charge is -2.56. The number of halogens is 2. The minimum absolute atomic E-state index is 0.0192. The van der Waals surface area contributed by atoms with Crippen molar-refractivity contribution in [2.45, 2.75) is 67.2 Å². The highest BCUT2D eigenvalue weighted by molar-refractivity contribution is 8.01. The zero-order valence-electron chi connectivity index (χ0n) is 23.4. The fourth-order valence-electron chi connectivity index (χ4n) is 4.58. The second kappa shape index (κ2) is 15.0. The second-order valence-corrected chi connectivity index (χ2v) is 14.2. The van der Waals surface area contributed by atoms with Crippen molar-refractivity contribution < 1.29 is 29.0 Å². The van der Waals surface area contributed by atoms with E-state index in [1.54, 1.807) is 18.2 Å². The highest BCUT2D eigenvalue weighted by atomic mass is 35.5. The molecule has 2 aliphatic heterocycles. The maximum absolute atomic E-state index is 13.5. The van der Waals surface area contributed by atoms with Crippen LogP contribution in [0.4, 0.5) is 5.69 Å². The van der Waals surface area contributed by atoms with Gasteiger partial charge in [0.1, 0.15) is 22.1 Å². The van der Waals surface area contributed by atoms with Gasteiger partial charge in [-0.3, -0.25) is 14.5 Å². The van der Waals surface area contributed by atoms with Gasteiger partial charge in [-0.2, -0.15) is 0 Å². The van der Waals surface area contributed by atoms with E-state index in [-0.39, 0.29) is 30.9 Å². The predicted octanol–water partition coefficient (Wildman–Crippen LogP) is 4.98. The monoisotopic (exact) mass is 687 g/mol. The lowest BCUT2D eigenvalue weighted by Crippen LogP contribution is -2.80. The standard InChI is InChI=1S/C27H31Cl2N5O6S3/c1-3-4-11-40-23(38)19(30-18-9-8-16(28)13-17(18)29)6-5-7-21(35)31-27(14-42-26-33-32-15(2)43-26)24(39)34-20(22(36)37)10-12-41-25(27)34/h8-10,13,19,25,30H,3-7,11-12,14H2,1-2H3,(H,31,35)(H,36,37)/t19?,25-,27?/m0/s1. The van der Waals surface area contributed by atoms with Crippen LogP contribution in [0.3, 0.4) is 0 Å². The van der Waals surface area contributed by atoms with Crippen LogP contribution in [-0.2, 0) is 23.9 Å². The molecule has 1 aromatic heterocycles. The smallest absolute Gasteiger partial charge is 0.352 e. The van der Waals surface area contributed by atoms with Gasteiger partial charge in [-0.1, -0.05) is 59.6 Å². The molecule has 2 amide bonds. The minimum Gasteiger partial charge on any atom is -0.477 e. The van der Waals surface area contributed by atoms with Crippen LogP contribution in [-0.4, -0.2) is 79.0 Å². The Morgan fingerprint density at radius 3 is 2.74 bits per heavy atom. The van der Waals surface area contributed by atoms with Crippen molar-refractivity contribution in [3.05, 3.63) is 45.0 Å². The average molecular weight is 689 g/mol. The van der Waals surface area contributed by atoms with Gasteiger partial charge in [-0.25, -0.2) is 9.59 Å². The van der Waals surface area contributed by atoms with Gasteiger partial charge in [0.2, 0.25) is 5.91 Å². The van der Waals surface area contributed by atoms with E-state index < -0.39 is 40.7 Å². The lowest BCUT2D eigenvalue weighted by molar-refractivity contribution is -0.157. The number of ether oxygens (including phenoxy) is 1. The summed E-state index contributed by atoms with van der Waals surface area (Å²) in [4.78, 5) is 52.7. The van der Waals surface area contributed by atoms with E-state index in [1.165, 1.54) is 45.8 Å². The number of rotatable bonds is 15. The van der Waals surface area contributed by atoms with E-state index >= 15 is 0 Å². The van der Waals surface area contributed by atoms with Gasteiger partial charge in [-0.15, -0.1) is 22.0 Å². The molecule has 0 radical (unpaired) electrons. The van der Waals surface area contributed by atoms with Crippen molar-refractivity contribution >= 4 is 87.5 Å². The molecule has 1 aromatic carbocycles. The van der Waals surface area contributed by atoms with E-state index in [4.69, 9.17) is 27.9 Å². The van der Waals surface area contributed by atoms with E-state index in [0.717, 1.165) is 17.8 Å². The van der Waals surface area contributed by atoms with Crippen LogP contribution in [0.1, 0.15) is 44.0 Å². The van der Waals surface area contributed by atoms with Gasteiger partial charge >= 0.3 is 11.9 Å². The number of benzene rings is 1. The summed E-state index contributed by atoms with van der Waals surface area (Å²) < 4.78 is 6.08. The number of anilines is 1. The minimum atomic E-state index is -1.32. The Balaban J connectivity index is 1.43. The number of fused-ring (bicyclic) bond motifs is 1. The number of nitrogens with one attached hydrogen (secondary N) is 2. The molecule has 0 aliphatic carbocycles. The Hall–Kier alpha value is -2.52. The summed E-state index contributed by atoms with van der Waals surface area (Å²) in [5.41, 5.74) is -0.909. The predicted molar refractivity (Wildman–Crippen MR) is 169 cm³/mol. The van der Waals surface area contributed by atoms with E-state index in [2.05, 4.69) is 20.8 Å². The number of amides is 2. The topological polar surface area (TPSA) is 151 Å². The van der Waals surface area contributed by atoms with Crippen molar-refractivity contribution in [3.63, 3.8) is 0 Å². The number of aliphatic carboxylic acids is 1. The molecular formula is C27H31Cl2N5O6S3. The van der Waals surface area contributed by atoms with Crippen LogP contribution in [0.25, 0.3) is 0 Å². The average Bonchev–Trinajstić information content (AvgIpc) is 3.40. The number of unbranched alkanes of at least 4 members (excludes halogenated alkanes) is 1. The number of hydrogen-bond donors (Lipinski definition) is 3. The summed E-state index contributed by atoms with van der Waals surface area (Å²) in [6.45, 7) is 4.09.